The monoisotopic (exact) mass is 313 g/mol. The second-order valence-corrected chi connectivity index (χ2v) is 5.46. The summed E-state index contributed by atoms with van der Waals surface area (Å²) in [6.45, 7) is 0.408. The molecule has 6 heteroatoms. The number of nitrogens with two attached hydrogens (primary N) is 1. The van der Waals surface area contributed by atoms with Crippen LogP contribution in [0.25, 0.3) is 0 Å². The molecule has 0 aliphatic rings. The molecular weight excluding hydrogens is 299 g/mol. The molecule has 0 spiro atoms. The van der Waals surface area contributed by atoms with Crippen LogP contribution in [-0.4, -0.2) is 12.4 Å². The van der Waals surface area contributed by atoms with Crippen LogP contribution < -0.4 is 10.5 Å². The Bertz CT molecular complexity index is 584. The maximum atomic E-state index is 12.6. The second-order valence-electron chi connectivity index (χ2n) is 4.29. The average Bonchev–Trinajstić information content (AvgIpc) is 2.45. The van der Waals surface area contributed by atoms with Crippen LogP contribution in [0.5, 0.6) is 5.75 Å². The van der Waals surface area contributed by atoms with Crippen molar-refractivity contribution >= 4 is 17.4 Å². The maximum Gasteiger partial charge on any atom is 0.416 e. The summed E-state index contributed by atoms with van der Waals surface area (Å²) in [6.07, 6.45) is -4.31. The molecule has 0 aliphatic carbocycles. The number of hydrogen-bond acceptors (Lipinski definition) is 3. The minimum absolute atomic E-state index is 0.408. The highest BCUT2D eigenvalue weighted by Gasteiger charge is 2.30. The van der Waals surface area contributed by atoms with Gasteiger partial charge in [0.1, 0.15) is 5.75 Å². The Morgan fingerprint density at radius 1 is 1.05 bits per heavy atom. The number of rotatable bonds is 5. The van der Waals surface area contributed by atoms with Crippen molar-refractivity contribution in [3.8, 4) is 5.75 Å². The van der Waals surface area contributed by atoms with Crippen LogP contribution in [0.1, 0.15) is 5.56 Å². The molecule has 2 rings (SSSR count). The molecule has 0 atom stereocenters. The predicted octanol–water partition coefficient (Wildman–Crippen LogP) is 4.46. The first-order valence-electron chi connectivity index (χ1n) is 6.23. The van der Waals surface area contributed by atoms with Gasteiger partial charge in [0.15, 0.2) is 0 Å². The number of alkyl halides is 3. The van der Waals surface area contributed by atoms with Crippen LogP contribution in [-0.2, 0) is 6.18 Å². The van der Waals surface area contributed by atoms with Crippen LogP contribution in [0.2, 0.25) is 0 Å². The van der Waals surface area contributed by atoms with Crippen molar-refractivity contribution in [2.75, 3.05) is 18.1 Å². The van der Waals surface area contributed by atoms with Crippen LogP contribution >= 0.6 is 11.8 Å². The molecule has 0 radical (unpaired) electrons. The van der Waals surface area contributed by atoms with Crippen molar-refractivity contribution in [2.45, 2.75) is 11.1 Å². The first-order valence-corrected chi connectivity index (χ1v) is 7.22. The lowest BCUT2D eigenvalue weighted by Crippen LogP contribution is -2.04. The summed E-state index contributed by atoms with van der Waals surface area (Å²) in [5, 5.41) is 0. The van der Waals surface area contributed by atoms with E-state index in [2.05, 4.69) is 0 Å². The average molecular weight is 313 g/mol. The van der Waals surface area contributed by atoms with Gasteiger partial charge in [0, 0.05) is 16.3 Å². The van der Waals surface area contributed by atoms with Crippen LogP contribution in [0, 0.1) is 0 Å². The van der Waals surface area contributed by atoms with E-state index in [4.69, 9.17) is 10.5 Å². The zero-order chi connectivity index (χ0) is 15.3. The molecular formula is C15H14F3NOS. The van der Waals surface area contributed by atoms with Gasteiger partial charge in [-0.25, -0.2) is 0 Å². The van der Waals surface area contributed by atoms with E-state index in [1.807, 2.05) is 0 Å². The standard InChI is InChI=1S/C15H14F3NOS/c16-15(17,18)11-2-1-3-14(10-11)21-9-8-20-13-6-4-12(19)5-7-13/h1-7,10H,8-9,19H2. The minimum Gasteiger partial charge on any atom is -0.493 e. The molecule has 0 saturated heterocycles. The van der Waals surface area contributed by atoms with E-state index in [0.29, 0.717) is 28.7 Å². The second kappa shape index (κ2) is 6.76. The summed E-state index contributed by atoms with van der Waals surface area (Å²) in [7, 11) is 0. The summed E-state index contributed by atoms with van der Waals surface area (Å²) in [6, 6.07) is 12.2. The van der Waals surface area contributed by atoms with Gasteiger partial charge in [-0.1, -0.05) is 6.07 Å². The quantitative estimate of drug-likeness (QED) is 0.503. The first-order chi connectivity index (χ1) is 9.95. The zero-order valence-electron chi connectivity index (χ0n) is 11.1. The fourth-order valence-electron chi connectivity index (χ4n) is 1.65. The summed E-state index contributed by atoms with van der Waals surface area (Å²) in [4.78, 5) is 0.575. The summed E-state index contributed by atoms with van der Waals surface area (Å²) in [5.41, 5.74) is 5.58. The Morgan fingerprint density at radius 2 is 1.76 bits per heavy atom. The lowest BCUT2D eigenvalue weighted by atomic mass is 10.2. The molecule has 2 nitrogen and oxygen atoms in total. The van der Waals surface area contributed by atoms with Crippen molar-refractivity contribution < 1.29 is 17.9 Å². The molecule has 0 aromatic heterocycles. The largest absolute Gasteiger partial charge is 0.493 e. The molecule has 0 heterocycles. The number of benzene rings is 2. The van der Waals surface area contributed by atoms with Crippen LogP contribution in [0.3, 0.4) is 0 Å². The van der Waals surface area contributed by atoms with Gasteiger partial charge in [-0.05, 0) is 42.5 Å². The lowest BCUT2D eigenvalue weighted by molar-refractivity contribution is -0.137. The Kier molecular flexibility index (Phi) is 5.01. The van der Waals surface area contributed by atoms with Gasteiger partial charge in [0.2, 0.25) is 0 Å². The summed E-state index contributed by atoms with van der Waals surface area (Å²) in [5.74, 6) is 1.25. The molecule has 112 valence electrons. The van der Waals surface area contributed by atoms with Gasteiger partial charge in [-0.2, -0.15) is 13.2 Å². The third kappa shape index (κ3) is 4.90. The van der Waals surface area contributed by atoms with Gasteiger partial charge < -0.3 is 10.5 Å². The molecule has 0 bridgehead atoms. The van der Waals surface area contributed by atoms with Crippen molar-refractivity contribution in [3.05, 3.63) is 54.1 Å². The molecule has 0 aliphatic heterocycles. The lowest BCUT2D eigenvalue weighted by Gasteiger charge is -2.09. The van der Waals surface area contributed by atoms with E-state index in [1.165, 1.54) is 17.8 Å². The normalized spacial score (nSPS) is 11.4. The van der Waals surface area contributed by atoms with Crippen LogP contribution in [0.4, 0.5) is 18.9 Å². The Labute approximate surface area is 125 Å². The van der Waals surface area contributed by atoms with Crippen molar-refractivity contribution in [2.24, 2.45) is 0 Å². The molecule has 21 heavy (non-hydrogen) atoms. The summed E-state index contributed by atoms with van der Waals surface area (Å²) >= 11 is 1.32. The number of hydrogen-bond donors (Lipinski definition) is 1. The molecule has 0 amide bonds. The van der Waals surface area contributed by atoms with Gasteiger partial charge in [0.25, 0.3) is 0 Å². The van der Waals surface area contributed by atoms with Crippen molar-refractivity contribution in [1.82, 2.24) is 0 Å². The van der Waals surface area contributed by atoms with Gasteiger partial charge in [0.05, 0.1) is 12.2 Å². The third-order valence-electron chi connectivity index (χ3n) is 2.66. The topological polar surface area (TPSA) is 35.2 Å². The highest BCUT2D eigenvalue weighted by Crippen LogP contribution is 2.31. The molecule has 0 unspecified atom stereocenters. The molecule has 2 N–H and O–H groups in total. The Balaban J connectivity index is 1.82. The van der Waals surface area contributed by atoms with Crippen molar-refractivity contribution in [3.63, 3.8) is 0 Å². The third-order valence-corrected chi connectivity index (χ3v) is 3.62. The van der Waals surface area contributed by atoms with Gasteiger partial charge in [-0.3, -0.25) is 0 Å². The minimum atomic E-state index is -4.31. The highest BCUT2D eigenvalue weighted by molar-refractivity contribution is 7.99. The fourth-order valence-corrected chi connectivity index (χ4v) is 2.43. The maximum absolute atomic E-state index is 12.6. The zero-order valence-corrected chi connectivity index (χ0v) is 11.9. The number of anilines is 1. The SMILES string of the molecule is Nc1ccc(OCCSc2cccc(C(F)(F)F)c2)cc1. The first kappa shape index (κ1) is 15.6. The molecule has 2 aromatic rings. The van der Waals surface area contributed by atoms with Crippen molar-refractivity contribution in [1.29, 1.82) is 0 Å². The summed E-state index contributed by atoms with van der Waals surface area (Å²) < 4.78 is 43.2. The van der Waals surface area contributed by atoms with Gasteiger partial charge >= 0.3 is 6.18 Å². The Morgan fingerprint density at radius 3 is 2.43 bits per heavy atom. The predicted molar refractivity (Wildman–Crippen MR) is 78.5 cm³/mol. The number of thioether (sulfide) groups is 1. The molecule has 0 saturated carbocycles. The van der Waals surface area contributed by atoms with Gasteiger partial charge in [-0.15, -0.1) is 11.8 Å². The van der Waals surface area contributed by atoms with E-state index in [-0.39, 0.29) is 0 Å². The van der Waals surface area contributed by atoms with E-state index in [1.54, 1.807) is 30.3 Å². The van der Waals surface area contributed by atoms with E-state index in [0.717, 1.165) is 12.1 Å². The highest BCUT2D eigenvalue weighted by atomic mass is 32.2. The molecule has 2 aromatic carbocycles. The number of nitrogen functional groups attached to an aromatic ring is 1. The fraction of sp³-hybridized carbons (Fsp3) is 0.200. The number of halogens is 3. The number of ether oxygens (including phenoxy) is 1. The van der Waals surface area contributed by atoms with E-state index in [9.17, 15) is 13.2 Å². The van der Waals surface area contributed by atoms with E-state index >= 15 is 0 Å². The Hall–Kier alpha value is -1.82. The van der Waals surface area contributed by atoms with Crippen LogP contribution in [0.15, 0.2) is 53.4 Å². The van der Waals surface area contributed by atoms with E-state index < -0.39 is 11.7 Å². The smallest absolute Gasteiger partial charge is 0.416 e. The molecule has 0 fully saturated rings.